The Bertz CT molecular complexity index is 778. The molecule has 0 N–H and O–H groups in total. The summed E-state index contributed by atoms with van der Waals surface area (Å²) in [5, 5.41) is 1.84. The Morgan fingerprint density at radius 2 is 2.00 bits per heavy atom. The van der Waals surface area contributed by atoms with Crippen molar-refractivity contribution in [2.45, 2.75) is 20.3 Å². The zero-order chi connectivity index (χ0) is 17.4. The third-order valence-corrected chi connectivity index (χ3v) is 5.13. The summed E-state index contributed by atoms with van der Waals surface area (Å²) in [4.78, 5) is 14.8. The second-order valence-electron chi connectivity index (χ2n) is 6.71. The molecule has 1 aromatic rings. The molecule has 0 radical (unpaired) electrons. The molecule has 0 fully saturated rings. The fourth-order valence-electron chi connectivity index (χ4n) is 3.52. The highest BCUT2D eigenvalue weighted by atomic mass is 16.7. The van der Waals surface area contributed by atoms with E-state index in [4.69, 9.17) is 9.83 Å². The molecule has 5 nitrogen and oxygen atoms in total. The zero-order valence-corrected chi connectivity index (χ0v) is 15.0. The van der Waals surface area contributed by atoms with Gasteiger partial charge >= 0.3 is 0 Å². The highest BCUT2D eigenvalue weighted by Gasteiger charge is 2.35. The number of benzene rings is 1. The molecule has 0 spiro atoms. The smallest absolute Gasteiger partial charge is 0.137 e. The first-order chi connectivity index (χ1) is 12.2. The Morgan fingerprint density at radius 1 is 1.20 bits per heavy atom. The van der Waals surface area contributed by atoms with Crippen LogP contribution in [0.25, 0.3) is 0 Å². The van der Waals surface area contributed by atoms with E-state index in [1.54, 1.807) is 7.11 Å². The van der Waals surface area contributed by atoms with Gasteiger partial charge in [-0.2, -0.15) is 0 Å². The second kappa shape index (κ2) is 6.41. The molecule has 0 bridgehead atoms. The van der Waals surface area contributed by atoms with Crippen LogP contribution in [-0.2, 0) is 11.3 Å². The van der Waals surface area contributed by atoms with Crippen molar-refractivity contribution in [1.29, 1.82) is 0 Å². The van der Waals surface area contributed by atoms with Gasteiger partial charge in [0, 0.05) is 18.7 Å². The van der Waals surface area contributed by atoms with Gasteiger partial charge in [-0.25, -0.2) is 5.06 Å². The standard InChI is InChI=1S/C20H24N4O/c1-15-12-22(10-9-17-7-5-4-6-8-17)20-19(16(15)2)21-11-18-13-23(25-3)14-24(18)20/h4-8,11-13,16H,9-10,14H2,1-3H3. The van der Waals surface area contributed by atoms with Crippen LogP contribution in [0.2, 0.25) is 0 Å². The Morgan fingerprint density at radius 3 is 2.76 bits per heavy atom. The van der Waals surface area contributed by atoms with E-state index >= 15 is 0 Å². The minimum absolute atomic E-state index is 0.331. The van der Waals surface area contributed by atoms with Crippen LogP contribution in [0, 0.1) is 5.92 Å². The lowest BCUT2D eigenvalue weighted by Gasteiger charge is -2.40. The molecular weight excluding hydrogens is 312 g/mol. The minimum atomic E-state index is 0.331. The van der Waals surface area contributed by atoms with E-state index in [2.05, 4.69) is 60.2 Å². The number of allylic oxidation sites excluding steroid dienone is 2. The molecule has 0 saturated carbocycles. The molecule has 1 atom stereocenters. The van der Waals surface area contributed by atoms with E-state index in [1.165, 1.54) is 17.0 Å². The van der Waals surface area contributed by atoms with E-state index in [1.807, 2.05) is 17.5 Å². The quantitative estimate of drug-likeness (QED) is 0.844. The molecule has 0 aliphatic carbocycles. The minimum Gasteiger partial charge on any atom is -0.333 e. The lowest BCUT2D eigenvalue weighted by molar-refractivity contribution is -0.0968. The molecule has 1 unspecified atom stereocenters. The average Bonchev–Trinajstić information content (AvgIpc) is 3.07. The second-order valence-corrected chi connectivity index (χ2v) is 6.71. The highest BCUT2D eigenvalue weighted by Crippen LogP contribution is 2.38. The van der Waals surface area contributed by atoms with Crippen LogP contribution in [0.4, 0.5) is 0 Å². The van der Waals surface area contributed by atoms with Crippen LogP contribution in [-0.4, -0.2) is 41.4 Å². The van der Waals surface area contributed by atoms with Crippen LogP contribution in [0.5, 0.6) is 0 Å². The molecule has 3 heterocycles. The predicted octanol–water partition coefficient (Wildman–Crippen LogP) is 3.32. The maximum atomic E-state index is 5.39. The van der Waals surface area contributed by atoms with Gasteiger partial charge in [-0.3, -0.25) is 9.83 Å². The Labute approximate surface area is 149 Å². The van der Waals surface area contributed by atoms with Crippen molar-refractivity contribution >= 4 is 6.21 Å². The number of aliphatic imine (C=N–C) groups is 1. The molecule has 3 aliphatic heterocycles. The fourth-order valence-corrected chi connectivity index (χ4v) is 3.52. The number of rotatable bonds is 4. The molecule has 5 heteroatoms. The van der Waals surface area contributed by atoms with Crippen molar-refractivity contribution < 1.29 is 4.84 Å². The molecule has 3 aliphatic rings. The first kappa shape index (κ1) is 16.0. The third-order valence-electron chi connectivity index (χ3n) is 5.13. The van der Waals surface area contributed by atoms with Gasteiger partial charge in [-0.1, -0.05) is 37.3 Å². The number of hydrogen-bond acceptors (Lipinski definition) is 5. The molecular formula is C20H24N4O. The SMILES string of the molecule is CON1C=C2C=NC3=C(N(CCc4ccccc4)C=C(C)C3C)N2C1. The molecule has 0 amide bonds. The third kappa shape index (κ3) is 2.85. The fraction of sp³-hybridized carbons (Fsp3) is 0.350. The van der Waals surface area contributed by atoms with Gasteiger partial charge in [0.15, 0.2) is 0 Å². The van der Waals surface area contributed by atoms with Gasteiger partial charge in [0.25, 0.3) is 0 Å². The first-order valence-electron chi connectivity index (χ1n) is 8.74. The molecule has 4 rings (SSSR count). The Kier molecular flexibility index (Phi) is 4.09. The Balaban J connectivity index is 1.62. The van der Waals surface area contributed by atoms with Crippen molar-refractivity contribution in [2.24, 2.45) is 10.9 Å². The van der Waals surface area contributed by atoms with Crippen molar-refractivity contribution in [3.8, 4) is 0 Å². The lowest BCUT2D eigenvalue weighted by Crippen LogP contribution is -2.40. The van der Waals surface area contributed by atoms with Crippen molar-refractivity contribution in [3.63, 3.8) is 0 Å². The number of fused-ring (bicyclic) bond motifs is 2. The van der Waals surface area contributed by atoms with Gasteiger partial charge in [-0.15, -0.1) is 0 Å². The molecule has 25 heavy (non-hydrogen) atoms. The van der Waals surface area contributed by atoms with E-state index in [9.17, 15) is 0 Å². The molecule has 0 aromatic heterocycles. The maximum absolute atomic E-state index is 5.39. The van der Waals surface area contributed by atoms with Gasteiger partial charge in [-0.05, 0) is 24.5 Å². The van der Waals surface area contributed by atoms with Crippen LogP contribution in [0.15, 0.2) is 70.5 Å². The summed E-state index contributed by atoms with van der Waals surface area (Å²) < 4.78 is 0. The normalized spacial score (nSPS) is 22.0. The number of hydrogen-bond donors (Lipinski definition) is 0. The van der Waals surface area contributed by atoms with Crippen molar-refractivity contribution in [1.82, 2.24) is 14.9 Å². The first-order valence-corrected chi connectivity index (χ1v) is 8.74. The van der Waals surface area contributed by atoms with Gasteiger partial charge in [0.05, 0.1) is 30.9 Å². The van der Waals surface area contributed by atoms with E-state index in [0.29, 0.717) is 12.6 Å². The monoisotopic (exact) mass is 336 g/mol. The summed E-state index contributed by atoms with van der Waals surface area (Å²) in [5.74, 6) is 1.51. The van der Waals surface area contributed by atoms with Gasteiger partial charge in [0.2, 0.25) is 0 Å². The molecule has 1 aromatic carbocycles. The van der Waals surface area contributed by atoms with Crippen molar-refractivity contribution in [3.05, 3.63) is 71.1 Å². The average molecular weight is 336 g/mol. The van der Waals surface area contributed by atoms with E-state index in [-0.39, 0.29) is 0 Å². The highest BCUT2D eigenvalue weighted by molar-refractivity contribution is 5.81. The zero-order valence-electron chi connectivity index (χ0n) is 15.0. The van der Waals surface area contributed by atoms with Crippen LogP contribution in [0.1, 0.15) is 19.4 Å². The summed E-state index contributed by atoms with van der Waals surface area (Å²) in [6.45, 7) is 6.04. The molecule has 0 saturated heterocycles. The summed E-state index contributed by atoms with van der Waals surface area (Å²) >= 11 is 0. The summed E-state index contributed by atoms with van der Waals surface area (Å²) in [6, 6.07) is 10.6. The maximum Gasteiger partial charge on any atom is 0.137 e. The predicted molar refractivity (Wildman–Crippen MR) is 98.9 cm³/mol. The largest absolute Gasteiger partial charge is 0.333 e. The number of hydroxylamine groups is 2. The summed E-state index contributed by atoms with van der Waals surface area (Å²) in [6.07, 6.45) is 7.22. The van der Waals surface area contributed by atoms with E-state index < -0.39 is 0 Å². The van der Waals surface area contributed by atoms with E-state index in [0.717, 1.165) is 24.4 Å². The van der Waals surface area contributed by atoms with Crippen LogP contribution in [0.3, 0.4) is 0 Å². The van der Waals surface area contributed by atoms with Crippen molar-refractivity contribution in [2.75, 3.05) is 20.3 Å². The number of nitrogens with zero attached hydrogens (tertiary/aromatic N) is 4. The topological polar surface area (TPSA) is 31.3 Å². The lowest BCUT2D eigenvalue weighted by atomic mass is 9.95. The van der Waals surface area contributed by atoms with Gasteiger partial charge in [0.1, 0.15) is 12.5 Å². The van der Waals surface area contributed by atoms with Gasteiger partial charge < -0.3 is 9.80 Å². The summed E-state index contributed by atoms with van der Waals surface area (Å²) in [5.41, 5.74) is 4.91. The molecule has 130 valence electrons. The van der Waals surface area contributed by atoms with Crippen LogP contribution >= 0.6 is 0 Å². The summed E-state index contributed by atoms with van der Waals surface area (Å²) in [7, 11) is 1.70. The Hall–Kier alpha value is -2.53. The van der Waals surface area contributed by atoms with Crippen LogP contribution < -0.4 is 0 Å².